The summed E-state index contributed by atoms with van der Waals surface area (Å²) in [5.74, 6) is 0.000795. The van der Waals surface area contributed by atoms with Crippen LogP contribution in [0.15, 0.2) is 47.7 Å². The molecule has 106 valence electrons. The van der Waals surface area contributed by atoms with Gasteiger partial charge in [0.15, 0.2) is 0 Å². The molecular weight excluding hydrogens is 291 g/mol. The average molecular weight is 302 g/mol. The van der Waals surface area contributed by atoms with Gasteiger partial charge in [-0.05, 0) is 30.3 Å². The summed E-state index contributed by atoms with van der Waals surface area (Å²) in [5, 5.41) is 0. The van der Waals surface area contributed by atoms with Crippen molar-refractivity contribution in [1.82, 2.24) is 4.57 Å². The van der Waals surface area contributed by atoms with Crippen molar-refractivity contribution in [3.63, 3.8) is 0 Å². The molecule has 7 heteroatoms. The Hall–Kier alpha value is -1.95. The number of benzene rings is 1. The lowest BCUT2D eigenvalue weighted by molar-refractivity contribution is -0.137. The minimum absolute atomic E-state index is 0.0542. The molecule has 0 aliphatic carbocycles. The second-order valence-corrected chi connectivity index (χ2v) is 4.30. The van der Waals surface area contributed by atoms with Gasteiger partial charge in [0, 0.05) is 12.4 Å². The zero-order valence-corrected chi connectivity index (χ0v) is 11.0. The highest BCUT2D eigenvalue weighted by Crippen LogP contribution is 2.34. The Bertz CT molecular complexity index is 618. The lowest BCUT2D eigenvalue weighted by Gasteiger charge is -2.12. The standard InChI is InChI=1S/C13H11ClF3N3/c14-8-12(18)19-10-7-9(13(15,16)17)3-4-11(10)20-5-1-2-6-20/h1-7H,8H2,(H2,18,19). The molecule has 0 atom stereocenters. The fraction of sp³-hybridized carbons (Fsp3) is 0.154. The van der Waals surface area contributed by atoms with Crippen LogP contribution in [-0.4, -0.2) is 16.3 Å². The van der Waals surface area contributed by atoms with Crippen LogP contribution in [0.2, 0.25) is 0 Å². The van der Waals surface area contributed by atoms with Gasteiger partial charge in [-0.1, -0.05) is 0 Å². The van der Waals surface area contributed by atoms with Crippen molar-refractivity contribution in [3.05, 3.63) is 48.3 Å². The molecule has 0 bridgehead atoms. The largest absolute Gasteiger partial charge is 0.416 e. The number of nitrogens with zero attached hydrogens (tertiary/aromatic N) is 2. The molecule has 1 aromatic heterocycles. The first-order valence-corrected chi connectivity index (χ1v) is 6.19. The normalized spacial score (nSPS) is 12.7. The summed E-state index contributed by atoms with van der Waals surface area (Å²) in [6, 6.07) is 6.83. The molecule has 0 aliphatic rings. The molecule has 0 amide bonds. The van der Waals surface area contributed by atoms with Crippen molar-refractivity contribution in [2.45, 2.75) is 6.18 Å². The number of rotatable bonds is 3. The number of aliphatic imine (C=N–C) groups is 1. The summed E-state index contributed by atoms with van der Waals surface area (Å²) in [5.41, 5.74) is 5.35. The van der Waals surface area contributed by atoms with Gasteiger partial charge in [0.05, 0.1) is 22.8 Å². The first-order valence-electron chi connectivity index (χ1n) is 5.65. The van der Waals surface area contributed by atoms with Gasteiger partial charge in [-0.25, -0.2) is 4.99 Å². The number of aromatic nitrogens is 1. The topological polar surface area (TPSA) is 43.3 Å². The minimum Gasteiger partial charge on any atom is -0.386 e. The summed E-state index contributed by atoms with van der Waals surface area (Å²) < 4.78 is 39.9. The van der Waals surface area contributed by atoms with Gasteiger partial charge < -0.3 is 10.3 Å². The molecule has 0 fully saturated rings. The van der Waals surface area contributed by atoms with Crippen LogP contribution in [0.4, 0.5) is 18.9 Å². The number of alkyl halides is 4. The van der Waals surface area contributed by atoms with E-state index in [-0.39, 0.29) is 17.4 Å². The van der Waals surface area contributed by atoms with Gasteiger partial charge in [-0.15, -0.1) is 11.6 Å². The van der Waals surface area contributed by atoms with Crippen LogP contribution < -0.4 is 5.73 Å². The van der Waals surface area contributed by atoms with Gasteiger partial charge in [0.2, 0.25) is 0 Å². The van der Waals surface area contributed by atoms with E-state index in [0.717, 1.165) is 12.1 Å². The van der Waals surface area contributed by atoms with Crippen molar-refractivity contribution >= 4 is 23.1 Å². The number of halogens is 4. The predicted octanol–water partition coefficient (Wildman–Crippen LogP) is 3.72. The number of amidine groups is 1. The summed E-state index contributed by atoms with van der Waals surface area (Å²) in [4.78, 5) is 3.95. The third kappa shape index (κ3) is 3.14. The molecule has 0 unspecified atom stereocenters. The second kappa shape index (κ2) is 5.58. The van der Waals surface area contributed by atoms with E-state index in [4.69, 9.17) is 17.3 Å². The van der Waals surface area contributed by atoms with Crippen LogP contribution in [0.5, 0.6) is 0 Å². The van der Waals surface area contributed by atoms with Gasteiger partial charge in [0.1, 0.15) is 5.84 Å². The van der Waals surface area contributed by atoms with E-state index in [1.54, 1.807) is 29.1 Å². The maximum absolute atomic E-state index is 12.7. The quantitative estimate of drug-likeness (QED) is 0.524. The number of nitrogens with two attached hydrogens (primary N) is 1. The Morgan fingerprint density at radius 1 is 1.25 bits per heavy atom. The van der Waals surface area contributed by atoms with Gasteiger partial charge in [0.25, 0.3) is 0 Å². The fourth-order valence-electron chi connectivity index (χ4n) is 1.69. The lowest BCUT2D eigenvalue weighted by Crippen LogP contribution is -2.13. The van der Waals surface area contributed by atoms with E-state index in [2.05, 4.69) is 4.99 Å². The fourth-order valence-corrected chi connectivity index (χ4v) is 1.75. The Morgan fingerprint density at radius 3 is 2.45 bits per heavy atom. The molecule has 0 spiro atoms. The van der Waals surface area contributed by atoms with Gasteiger partial charge >= 0.3 is 6.18 Å². The molecular formula is C13H11ClF3N3. The van der Waals surface area contributed by atoms with Crippen molar-refractivity contribution in [3.8, 4) is 5.69 Å². The highest BCUT2D eigenvalue weighted by molar-refractivity contribution is 6.28. The monoisotopic (exact) mass is 301 g/mol. The van der Waals surface area contributed by atoms with E-state index in [9.17, 15) is 13.2 Å². The molecule has 0 radical (unpaired) electrons. The van der Waals surface area contributed by atoms with Crippen LogP contribution in [0, 0.1) is 0 Å². The van der Waals surface area contributed by atoms with Crippen molar-refractivity contribution < 1.29 is 13.2 Å². The van der Waals surface area contributed by atoms with Gasteiger partial charge in [-0.3, -0.25) is 0 Å². The van der Waals surface area contributed by atoms with Crippen LogP contribution >= 0.6 is 11.6 Å². The smallest absolute Gasteiger partial charge is 0.386 e. The maximum Gasteiger partial charge on any atom is 0.416 e. The van der Waals surface area contributed by atoms with Gasteiger partial charge in [-0.2, -0.15) is 13.2 Å². The highest BCUT2D eigenvalue weighted by atomic mass is 35.5. The first-order chi connectivity index (χ1) is 9.41. The van der Waals surface area contributed by atoms with Crippen LogP contribution in [-0.2, 0) is 6.18 Å². The molecule has 1 heterocycles. The zero-order valence-electron chi connectivity index (χ0n) is 10.2. The van der Waals surface area contributed by atoms with Crippen molar-refractivity contribution in [2.24, 2.45) is 10.7 Å². The second-order valence-electron chi connectivity index (χ2n) is 4.03. The summed E-state index contributed by atoms with van der Waals surface area (Å²) in [6.45, 7) is 0. The molecule has 2 aromatic rings. The average Bonchev–Trinajstić information content (AvgIpc) is 2.91. The number of hydrogen-bond donors (Lipinski definition) is 1. The molecule has 0 aliphatic heterocycles. The third-order valence-corrected chi connectivity index (χ3v) is 2.86. The molecule has 20 heavy (non-hydrogen) atoms. The summed E-state index contributed by atoms with van der Waals surface area (Å²) in [6.07, 6.45) is -1.02. The third-order valence-electron chi connectivity index (χ3n) is 2.59. The van der Waals surface area contributed by atoms with E-state index in [0.29, 0.717) is 5.69 Å². The molecule has 2 rings (SSSR count). The molecule has 0 saturated heterocycles. The van der Waals surface area contributed by atoms with E-state index < -0.39 is 11.7 Å². The van der Waals surface area contributed by atoms with Crippen molar-refractivity contribution in [1.29, 1.82) is 0 Å². The Labute approximate surface area is 118 Å². The van der Waals surface area contributed by atoms with E-state index in [1.807, 2.05) is 0 Å². The van der Waals surface area contributed by atoms with Crippen LogP contribution in [0.3, 0.4) is 0 Å². The maximum atomic E-state index is 12.7. The van der Waals surface area contributed by atoms with E-state index >= 15 is 0 Å². The Balaban J connectivity index is 2.58. The highest BCUT2D eigenvalue weighted by Gasteiger charge is 2.31. The van der Waals surface area contributed by atoms with E-state index in [1.165, 1.54) is 6.07 Å². The summed E-state index contributed by atoms with van der Waals surface area (Å²) >= 11 is 5.52. The minimum atomic E-state index is -4.44. The van der Waals surface area contributed by atoms with Crippen LogP contribution in [0.25, 0.3) is 5.69 Å². The number of hydrogen-bond acceptors (Lipinski definition) is 1. The van der Waals surface area contributed by atoms with Crippen molar-refractivity contribution in [2.75, 3.05) is 5.88 Å². The van der Waals surface area contributed by atoms with Crippen LogP contribution in [0.1, 0.15) is 5.56 Å². The molecule has 2 N–H and O–H groups in total. The SMILES string of the molecule is NC(CCl)=Nc1cc(C(F)(F)F)ccc1-n1cccc1. The Kier molecular flexibility index (Phi) is 4.04. The molecule has 0 saturated carbocycles. The Morgan fingerprint density at radius 2 is 1.90 bits per heavy atom. The zero-order chi connectivity index (χ0) is 14.8. The predicted molar refractivity (Wildman–Crippen MR) is 72.8 cm³/mol. The lowest BCUT2D eigenvalue weighted by atomic mass is 10.1. The summed E-state index contributed by atoms with van der Waals surface area (Å²) in [7, 11) is 0. The molecule has 3 nitrogen and oxygen atoms in total. The first kappa shape index (κ1) is 14.5. The molecule has 1 aromatic carbocycles.